The largest absolute Gasteiger partial charge is 0.395 e. The van der Waals surface area contributed by atoms with Gasteiger partial charge in [-0.1, -0.05) is 0 Å². The van der Waals surface area contributed by atoms with Crippen molar-refractivity contribution in [2.75, 3.05) is 13.2 Å². The fraction of sp³-hybridized carbons (Fsp3) is 0.778. The van der Waals surface area contributed by atoms with Gasteiger partial charge in [0.15, 0.2) is 0 Å². The molecule has 0 aromatic rings. The second-order valence-electron chi connectivity index (χ2n) is 3.81. The van der Waals surface area contributed by atoms with Crippen LogP contribution in [0.25, 0.3) is 0 Å². The van der Waals surface area contributed by atoms with Crippen molar-refractivity contribution in [3.63, 3.8) is 0 Å². The summed E-state index contributed by atoms with van der Waals surface area (Å²) in [5, 5.41) is 8.72. The predicted octanol–water partition coefficient (Wildman–Crippen LogP) is -0.206. The van der Waals surface area contributed by atoms with Crippen molar-refractivity contribution < 1.29 is 14.7 Å². The Kier molecular flexibility index (Phi) is 2.19. The third-order valence-electron chi connectivity index (χ3n) is 2.76. The molecule has 2 aliphatic rings. The van der Waals surface area contributed by atoms with E-state index in [0.717, 1.165) is 17.7 Å². The molecule has 1 atom stereocenters. The Balaban J connectivity index is 2.14. The van der Waals surface area contributed by atoms with Gasteiger partial charge in [-0.15, -0.1) is 0 Å². The van der Waals surface area contributed by atoms with Crippen LogP contribution in [0, 0.1) is 0 Å². The molecule has 1 unspecified atom stereocenters. The van der Waals surface area contributed by atoms with Gasteiger partial charge in [0.25, 0.3) is 5.91 Å². The smallest absolute Gasteiger partial charge is 0.327 e. The normalized spacial score (nSPS) is 27.7. The first-order valence-electron chi connectivity index (χ1n) is 4.91. The minimum absolute atomic E-state index is 0.116. The summed E-state index contributed by atoms with van der Waals surface area (Å²) >= 11 is 0. The first-order chi connectivity index (χ1) is 6.66. The maximum Gasteiger partial charge on any atom is 0.327 e. The van der Waals surface area contributed by atoms with E-state index in [9.17, 15) is 9.59 Å². The minimum atomic E-state index is -0.346. The number of β-amino-alcohol motifs (C(OH)–C–C–N with tert-alkyl or cyclic N) is 1. The molecule has 5 heteroatoms. The molecule has 1 saturated carbocycles. The third kappa shape index (κ3) is 1.28. The van der Waals surface area contributed by atoms with Crippen LogP contribution >= 0.6 is 0 Å². The Morgan fingerprint density at radius 3 is 2.57 bits per heavy atom. The molecule has 1 aliphatic carbocycles. The number of hydrogen-bond donors (Lipinski definition) is 1. The van der Waals surface area contributed by atoms with Crippen molar-refractivity contribution in [1.29, 1.82) is 0 Å². The Hall–Kier alpha value is -1.10. The van der Waals surface area contributed by atoms with Crippen LogP contribution in [-0.4, -0.2) is 52.1 Å². The van der Waals surface area contributed by atoms with Crippen molar-refractivity contribution in [1.82, 2.24) is 9.80 Å². The van der Waals surface area contributed by atoms with Crippen LogP contribution in [0.2, 0.25) is 0 Å². The van der Waals surface area contributed by atoms with Gasteiger partial charge in [-0.05, 0) is 19.8 Å². The van der Waals surface area contributed by atoms with E-state index in [4.69, 9.17) is 5.11 Å². The topological polar surface area (TPSA) is 60.9 Å². The van der Waals surface area contributed by atoms with E-state index in [1.54, 1.807) is 11.8 Å². The highest BCUT2D eigenvalue weighted by molar-refractivity contribution is 6.04. The van der Waals surface area contributed by atoms with Crippen LogP contribution in [0.1, 0.15) is 19.8 Å². The number of urea groups is 1. The minimum Gasteiger partial charge on any atom is -0.395 e. The molecule has 3 amide bonds. The van der Waals surface area contributed by atoms with E-state index < -0.39 is 0 Å². The second kappa shape index (κ2) is 3.24. The molecule has 0 aromatic carbocycles. The lowest BCUT2D eigenvalue weighted by atomic mass is 10.3. The summed E-state index contributed by atoms with van der Waals surface area (Å²) in [4.78, 5) is 26.1. The number of rotatable bonds is 3. The van der Waals surface area contributed by atoms with Gasteiger partial charge in [0.2, 0.25) is 0 Å². The van der Waals surface area contributed by atoms with E-state index in [-0.39, 0.29) is 37.2 Å². The first kappa shape index (κ1) is 9.45. The molecular formula is C9H14N2O3. The summed E-state index contributed by atoms with van der Waals surface area (Å²) in [6, 6.07) is -0.328. The highest BCUT2D eigenvalue weighted by Crippen LogP contribution is 2.33. The predicted molar refractivity (Wildman–Crippen MR) is 48.5 cm³/mol. The van der Waals surface area contributed by atoms with Crippen LogP contribution < -0.4 is 0 Å². The number of imide groups is 1. The maximum atomic E-state index is 11.7. The van der Waals surface area contributed by atoms with E-state index in [2.05, 4.69) is 0 Å². The van der Waals surface area contributed by atoms with Crippen molar-refractivity contribution in [3.8, 4) is 0 Å². The van der Waals surface area contributed by atoms with Crippen molar-refractivity contribution in [2.24, 2.45) is 0 Å². The summed E-state index contributed by atoms with van der Waals surface area (Å²) in [6.45, 7) is 1.70. The van der Waals surface area contributed by atoms with Crippen molar-refractivity contribution in [3.05, 3.63) is 0 Å². The van der Waals surface area contributed by atoms with Gasteiger partial charge >= 0.3 is 6.03 Å². The Bertz CT molecular complexity index is 275. The van der Waals surface area contributed by atoms with Gasteiger partial charge in [0.05, 0.1) is 13.2 Å². The standard InChI is InChI=1S/C9H14N2O3/c1-6-8(13)10(4-5-12)9(14)11(6)7-2-3-7/h6-7,12H,2-5H2,1H3. The lowest BCUT2D eigenvalue weighted by molar-refractivity contribution is -0.128. The third-order valence-corrected chi connectivity index (χ3v) is 2.76. The maximum absolute atomic E-state index is 11.7. The summed E-state index contributed by atoms with van der Waals surface area (Å²) in [5.74, 6) is -0.184. The molecule has 1 aliphatic heterocycles. The number of hydrogen-bond acceptors (Lipinski definition) is 3. The molecule has 1 saturated heterocycles. The monoisotopic (exact) mass is 198 g/mol. The summed E-state index contributed by atoms with van der Waals surface area (Å²) in [5.41, 5.74) is 0. The quantitative estimate of drug-likeness (QED) is 0.638. The molecule has 2 rings (SSSR count). The van der Waals surface area contributed by atoms with Gasteiger partial charge in [-0.3, -0.25) is 9.69 Å². The average molecular weight is 198 g/mol. The zero-order chi connectivity index (χ0) is 10.3. The van der Waals surface area contributed by atoms with Gasteiger partial charge in [0, 0.05) is 6.04 Å². The molecule has 1 heterocycles. The summed E-state index contributed by atoms with van der Waals surface area (Å²) in [6.07, 6.45) is 1.99. The Labute approximate surface area is 82.3 Å². The van der Waals surface area contributed by atoms with E-state index >= 15 is 0 Å². The highest BCUT2D eigenvalue weighted by atomic mass is 16.3. The Morgan fingerprint density at radius 2 is 2.07 bits per heavy atom. The van der Waals surface area contributed by atoms with E-state index in [1.807, 2.05) is 0 Å². The molecule has 0 spiro atoms. The number of carbonyl (C=O) groups is 2. The van der Waals surface area contributed by atoms with Gasteiger partial charge in [0.1, 0.15) is 6.04 Å². The zero-order valence-electron chi connectivity index (χ0n) is 8.14. The zero-order valence-corrected chi connectivity index (χ0v) is 8.14. The molecule has 2 fully saturated rings. The number of carbonyl (C=O) groups excluding carboxylic acids is 2. The van der Waals surface area contributed by atoms with E-state index in [1.165, 1.54) is 0 Å². The average Bonchev–Trinajstić information content (AvgIpc) is 2.93. The molecule has 0 radical (unpaired) electrons. The SMILES string of the molecule is CC1C(=O)N(CCO)C(=O)N1C1CC1. The first-order valence-corrected chi connectivity index (χ1v) is 4.91. The van der Waals surface area contributed by atoms with E-state index in [0.29, 0.717) is 0 Å². The lowest BCUT2D eigenvalue weighted by Gasteiger charge is -2.17. The number of aliphatic hydroxyl groups is 1. The number of aliphatic hydroxyl groups excluding tert-OH is 1. The van der Waals surface area contributed by atoms with Crippen molar-refractivity contribution in [2.45, 2.75) is 31.8 Å². The second-order valence-corrected chi connectivity index (χ2v) is 3.81. The summed E-state index contributed by atoms with van der Waals surface area (Å²) < 4.78 is 0. The Morgan fingerprint density at radius 1 is 1.43 bits per heavy atom. The van der Waals surface area contributed by atoms with Crippen LogP contribution in [0.4, 0.5) is 4.79 Å². The fourth-order valence-electron chi connectivity index (χ4n) is 1.87. The summed E-state index contributed by atoms with van der Waals surface area (Å²) in [7, 11) is 0. The fourth-order valence-corrected chi connectivity index (χ4v) is 1.87. The molecular weight excluding hydrogens is 184 g/mol. The lowest BCUT2D eigenvalue weighted by Crippen LogP contribution is -2.36. The molecule has 14 heavy (non-hydrogen) atoms. The van der Waals surface area contributed by atoms with Crippen molar-refractivity contribution >= 4 is 11.9 Å². The molecule has 0 bridgehead atoms. The highest BCUT2D eigenvalue weighted by Gasteiger charge is 2.48. The molecule has 5 nitrogen and oxygen atoms in total. The van der Waals surface area contributed by atoms with Gasteiger partial charge in [-0.2, -0.15) is 0 Å². The van der Waals surface area contributed by atoms with Gasteiger partial charge < -0.3 is 10.0 Å². The van der Waals surface area contributed by atoms with Crippen LogP contribution in [0.3, 0.4) is 0 Å². The molecule has 78 valence electrons. The van der Waals surface area contributed by atoms with Gasteiger partial charge in [-0.25, -0.2) is 4.79 Å². The van der Waals surface area contributed by atoms with Crippen LogP contribution in [0.15, 0.2) is 0 Å². The number of amides is 3. The number of nitrogens with zero attached hydrogens (tertiary/aromatic N) is 2. The molecule has 1 N–H and O–H groups in total. The molecule has 0 aromatic heterocycles. The van der Waals surface area contributed by atoms with Crippen LogP contribution in [0.5, 0.6) is 0 Å². The van der Waals surface area contributed by atoms with Crippen LogP contribution in [-0.2, 0) is 4.79 Å².